The van der Waals surface area contributed by atoms with E-state index < -0.39 is 0 Å². The average Bonchev–Trinajstić information content (AvgIpc) is 2.93. The van der Waals surface area contributed by atoms with Crippen LogP contribution in [0.2, 0.25) is 0 Å². The van der Waals surface area contributed by atoms with E-state index in [1.807, 2.05) is 12.3 Å². The maximum Gasteiger partial charge on any atom is 0.220 e. The van der Waals surface area contributed by atoms with Crippen LogP contribution in [0.4, 0.5) is 5.95 Å². The van der Waals surface area contributed by atoms with E-state index in [1.165, 1.54) is 11.1 Å². The summed E-state index contributed by atoms with van der Waals surface area (Å²) in [5, 5.41) is 0. The van der Waals surface area contributed by atoms with E-state index in [4.69, 9.17) is 10.7 Å². The number of aromatic nitrogens is 4. The summed E-state index contributed by atoms with van der Waals surface area (Å²) in [5.41, 5.74) is 10.2. The summed E-state index contributed by atoms with van der Waals surface area (Å²) in [5.74, 6) is 1.48. The molecule has 0 fully saturated rings. The van der Waals surface area contributed by atoms with E-state index in [-0.39, 0.29) is 0 Å². The summed E-state index contributed by atoms with van der Waals surface area (Å²) in [6.07, 6.45) is 2.76. The first kappa shape index (κ1) is 15.1. The van der Waals surface area contributed by atoms with Crippen LogP contribution in [0.25, 0.3) is 11.0 Å². The Balaban J connectivity index is 1.63. The smallest absolute Gasteiger partial charge is 0.220 e. The molecule has 1 aromatic carbocycles. The van der Waals surface area contributed by atoms with Crippen molar-refractivity contribution >= 4 is 17.0 Å². The van der Waals surface area contributed by atoms with E-state index in [9.17, 15) is 0 Å². The lowest BCUT2D eigenvalue weighted by Crippen LogP contribution is -2.32. The van der Waals surface area contributed by atoms with Gasteiger partial charge < -0.3 is 10.3 Å². The fourth-order valence-electron chi connectivity index (χ4n) is 3.51. The van der Waals surface area contributed by atoms with E-state index in [0.29, 0.717) is 12.0 Å². The maximum absolute atomic E-state index is 5.69. The fraction of sp³-hybridized carbons (Fsp3) is 0.389. The lowest BCUT2D eigenvalue weighted by Gasteiger charge is -2.28. The number of nitrogens with two attached hydrogens (primary N) is 1. The van der Waals surface area contributed by atoms with Crippen molar-refractivity contribution in [2.75, 3.05) is 12.3 Å². The highest BCUT2D eigenvalue weighted by molar-refractivity contribution is 5.76. The third-order valence-corrected chi connectivity index (χ3v) is 4.58. The van der Waals surface area contributed by atoms with Gasteiger partial charge in [-0.15, -0.1) is 0 Å². The van der Waals surface area contributed by atoms with Gasteiger partial charge in [-0.3, -0.25) is 4.90 Å². The highest BCUT2D eigenvalue weighted by Crippen LogP contribution is 2.24. The second-order valence-corrected chi connectivity index (χ2v) is 6.64. The van der Waals surface area contributed by atoms with Crippen molar-refractivity contribution in [2.24, 2.45) is 0 Å². The summed E-state index contributed by atoms with van der Waals surface area (Å²) in [6.45, 7) is 7.05. The van der Waals surface area contributed by atoms with Crippen molar-refractivity contribution in [3.05, 3.63) is 47.5 Å². The average molecular weight is 322 g/mol. The number of rotatable bonds is 3. The van der Waals surface area contributed by atoms with E-state index in [2.05, 4.69) is 51.5 Å². The largest absolute Gasteiger partial charge is 0.368 e. The SMILES string of the molecule is CC(C)n1c(CN2CCc3nc(N)ncc3C2)nc2ccccc21. The van der Waals surface area contributed by atoms with Gasteiger partial charge in [-0.1, -0.05) is 12.1 Å². The Hall–Kier alpha value is -2.47. The van der Waals surface area contributed by atoms with E-state index >= 15 is 0 Å². The Labute approximate surface area is 141 Å². The van der Waals surface area contributed by atoms with Crippen molar-refractivity contribution in [3.8, 4) is 0 Å². The second kappa shape index (κ2) is 5.87. The van der Waals surface area contributed by atoms with Gasteiger partial charge in [0.15, 0.2) is 0 Å². The molecule has 0 amide bonds. The zero-order valence-electron chi connectivity index (χ0n) is 14.1. The van der Waals surface area contributed by atoms with Gasteiger partial charge in [0.2, 0.25) is 5.95 Å². The molecule has 6 nitrogen and oxygen atoms in total. The monoisotopic (exact) mass is 322 g/mol. The molecule has 2 aromatic heterocycles. The van der Waals surface area contributed by atoms with Crippen LogP contribution in [0, 0.1) is 0 Å². The zero-order valence-corrected chi connectivity index (χ0v) is 14.1. The molecule has 0 saturated carbocycles. The Bertz CT molecular complexity index is 882. The third kappa shape index (κ3) is 2.63. The third-order valence-electron chi connectivity index (χ3n) is 4.58. The van der Waals surface area contributed by atoms with Crippen molar-refractivity contribution < 1.29 is 0 Å². The van der Waals surface area contributed by atoms with Gasteiger partial charge in [-0.05, 0) is 26.0 Å². The number of anilines is 1. The lowest BCUT2D eigenvalue weighted by molar-refractivity contribution is 0.233. The zero-order chi connectivity index (χ0) is 16.7. The molecule has 4 rings (SSSR count). The van der Waals surface area contributed by atoms with E-state index in [1.54, 1.807) is 0 Å². The Morgan fingerprint density at radius 3 is 2.88 bits per heavy atom. The molecule has 0 unspecified atom stereocenters. The predicted molar refractivity (Wildman–Crippen MR) is 94.4 cm³/mol. The molecule has 0 spiro atoms. The summed E-state index contributed by atoms with van der Waals surface area (Å²) < 4.78 is 2.34. The molecule has 1 aliphatic heterocycles. The van der Waals surface area contributed by atoms with Crippen molar-refractivity contribution in [3.63, 3.8) is 0 Å². The molecule has 124 valence electrons. The maximum atomic E-state index is 5.69. The lowest BCUT2D eigenvalue weighted by atomic mass is 10.1. The van der Waals surface area contributed by atoms with Crippen LogP contribution < -0.4 is 5.73 Å². The molecule has 0 atom stereocenters. The Kier molecular flexibility index (Phi) is 3.69. The van der Waals surface area contributed by atoms with Gasteiger partial charge in [-0.25, -0.2) is 15.0 Å². The van der Waals surface area contributed by atoms with Crippen molar-refractivity contribution in [2.45, 2.75) is 39.4 Å². The number of fused-ring (bicyclic) bond motifs is 2. The highest BCUT2D eigenvalue weighted by Gasteiger charge is 2.21. The number of imidazole rings is 1. The Morgan fingerprint density at radius 1 is 1.21 bits per heavy atom. The summed E-state index contributed by atoms with van der Waals surface area (Å²) in [7, 11) is 0. The molecule has 0 bridgehead atoms. The first-order chi connectivity index (χ1) is 11.6. The topological polar surface area (TPSA) is 72.9 Å². The minimum absolute atomic E-state index is 0.365. The van der Waals surface area contributed by atoms with Crippen LogP contribution in [0.5, 0.6) is 0 Å². The molecular weight excluding hydrogens is 300 g/mol. The van der Waals surface area contributed by atoms with Crippen LogP contribution in [-0.4, -0.2) is 31.0 Å². The number of nitrogens with zero attached hydrogens (tertiary/aromatic N) is 5. The molecule has 24 heavy (non-hydrogen) atoms. The van der Waals surface area contributed by atoms with Gasteiger partial charge >= 0.3 is 0 Å². The van der Waals surface area contributed by atoms with Gasteiger partial charge in [-0.2, -0.15) is 0 Å². The number of benzene rings is 1. The summed E-state index contributed by atoms with van der Waals surface area (Å²) in [4.78, 5) is 15.8. The van der Waals surface area contributed by atoms with Crippen LogP contribution >= 0.6 is 0 Å². The van der Waals surface area contributed by atoms with Gasteiger partial charge in [0.25, 0.3) is 0 Å². The number of para-hydroxylation sites is 2. The van der Waals surface area contributed by atoms with Crippen LogP contribution in [0.15, 0.2) is 30.5 Å². The van der Waals surface area contributed by atoms with Gasteiger partial charge in [0.1, 0.15) is 5.82 Å². The molecule has 0 aliphatic carbocycles. The fourth-order valence-corrected chi connectivity index (χ4v) is 3.51. The van der Waals surface area contributed by atoms with Crippen molar-refractivity contribution in [1.29, 1.82) is 0 Å². The van der Waals surface area contributed by atoms with Gasteiger partial charge in [0, 0.05) is 37.3 Å². The standard InChI is InChI=1S/C18H22N6/c1-12(2)24-16-6-4-3-5-15(16)21-17(24)11-23-8-7-14-13(10-23)9-20-18(19)22-14/h3-6,9,12H,7-8,10-11H2,1-2H3,(H2,19,20,22). The normalized spacial score (nSPS) is 15.1. The van der Waals surface area contributed by atoms with Crippen LogP contribution in [0.1, 0.15) is 37.0 Å². The van der Waals surface area contributed by atoms with Crippen LogP contribution in [0.3, 0.4) is 0 Å². The molecule has 3 heterocycles. The van der Waals surface area contributed by atoms with Crippen LogP contribution in [-0.2, 0) is 19.5 Å². The summed E-state index contributed by atoms with van der Waals surface area (Å²) in [6, 6.07) is 8.73. The first-order valence-corrected chi connectivity index (χ1v) is 8.40. The minimum Gasteiger partial charge on any atom is -0.368 e. The number of hydrogen-bond acceptors (Lipinski definition) is 5. The Morgan fingerprint density at radius 2 is 2.04 bits per heavy atom. The van der Waals surface area contributed by atoms with E-state index in [0.717, 1.165) is 43.1 Å². The molecule has 0 radical (unpaired) electrons. The minimum atomic E-state index is 0.365. The molecule has 1 aliphatic rings. The first-order valence-electron chi connectivity index (χ1n) is 8.40. The second-order valence-electron chi connectivity index (χ2n) is 6.64. The predicted octanol–water partition coefficient (Wildman–Crippen LogP) is 2.55. The highest BCUT2D eigenvalue weighted by atomic mass is 15.2. The quantitative estimate of drug-likeness (QED) is 0.802. The number of nitrogen functional groups attached to an aromatic ring is 1. The molecule has 2 N–H and O–H groups in total. The number of hydrogen-bond donors (Lipinski definition) is 1. The van der Waals surface area contributed by atoms with Crippen molar-refractivity contribution in [1.82, 2.24) is 24.4 Å². The molecular formula is C18H22N6. The van der Waals surface area contributed by atoms with Gasteiger partial charge in [0.05, 0.1) is 23.3 Å². The summed E-state index contributed by atoms with van der Waals surface area (Å²) >= 11 is 0. The molecule has 6 heteroatoms. The molecule has 3 aromatic rings. The molecule has 0 saturated heterocycles.